The molecule has 4 rings (SSSR count). The lowest BCUT2D eigenvalue weighted by Crippen LogP contribution is -2.52. The molecule has 1 fully saturated rings. The standard InChI is InChI=1S/C23H28F3N5O4S/c1-13-2-3-18(32)31(9-13)10-15(27-22(34)35)8-19(33)30-6-4-16-17(11-30)28-21(14-5-7-36-12-14)29-20(16)23(24,25)26/h5,7,12-13,15,18,27,32H,2-4,6,8-11H2,1H3,(H,34,35)/t13-,15+,18?/m1/s1. The van der Waals surface area contributed by atoms with Crippen LogP contribution in [0.5, 0.6) is 0 Å². The van der Waals surface area contributed by atoms with Gasteiger partial charge in [-0.15, -0.1) is 0 Å². The fraction of sp³-hybridized carbons (Fsp3) is 0.565. The highest BCUT2D eigenvalue weighted by atomic mass is 32.1. The summed E-state index contributed by atoms with van der Waals surface area (Å²) in [5, 5.41) is 25.3. The van der Waals surface area contributed by atoms with Crippen molar-refractivity contribution in [3.8, 4) is 11.4 Å². The van der Waals surface area contributed by atoms with E-state index in [9.17, 15) is 33.0 Å². The molecule has 0 aromatic carbocycles. The van der Waals surface area contributed by atoms with Crippen molar-refractivity contribution < 1.29 is 33.0 Å². The molecule has 0 radical (unpaired) electrons. The Labute approximate surface area is 210 Å². The van der Waals surface area contributed by atoms with Crippen LogP contribution >= 0.6 is 11.3 Å². The number of rotatable bonds is 6. The molecule has 3 atom stereocenters. The lowest BCUT2D eigenvalue weighted by Gasteiger charge is -2.38. The Bertz CT molecular complexity index is 1100. The van der Waals surface area contributed by atoms with E-state index >= 15 is 0 Å². The molecule has 0 saturated carbocycles. The Kier molecular flexibility index (Phi) is 7.81. The second-order valence-corrected chi connectivity index (χ2v) is 10.1. The van der Waals surface area contributed by atoms with Crippen molar-refractivity contribution in [2.75, 3.05) is 19.6 Å². The van der Waals surface area contributed by atoms with E-state index in [0.29, 0.717) is 24.4 Å². The second-order valence-electron chi connectivity index (χ2n) is 9.36. The Morgan fingerprint density at radius 1 is 1.31 bits per heavy atom. The number of aliphatic hydroxyl groups excluding tert-OH is 1. The summed E-state index contributed by atoms with van der Waals surface area (Å²) in [6.07, 6.45) is -5.50. The number of likely N-dealkylation sites (tertiary alicyclic amines) is 1. The second kappa shape index (κ2) is 10.7. The molecule has 1 unspecified atom stereocenters. The van der Waals surface area contributed by atoms with Gasteiger partial charge in [0.25, 0.3) is 0 Å². The molecule has 2 aliphatic heterocycles. The number of nitrogens with one attached hydrogen (secondary N) is 1. The van der Waals surface area contributed by atoms with Gasteiger partial charge in [-0.25, -0.2) is 14.8 Å². The van der Waals surface area contributed by atoms with Gasteiger partial charge in [0.15, 0.2) is 11.5 Å². The molecule has 2 aliphatic rings. The summed E-state index contributed by atoms with van der Waals surface area (Å²) in [7, 11) is 0. The summed E-state index contributed by atoms with van der Waals surface area (Å²) in [5.41, 5.74) is -0.395. The normalized spacial score (nSPS) is 21.6. The highest BCUT2D eigenvalue weighted by molar-refractivity contribution is 7.08. The van der Waals surface area contributed by atoms with Gasteiger partial charge >= 0.3 is 12.3 Å². The SMILES string of the molecule is C[C@@H]1CCC(O)N(C[C@H](CC(=O)N2CCc3c(nc(-c4ccsc4)nc3C(F)(F)F)C2)NC(=O)O)C1. The number of aliphatic hydroxyl groups is 1. The summed E-state index contributed by atoms with van der Waals surface area (Å²) in [6, 6.07) is 0.852. The van der Waals surface area contributed by atoms with E-state index < -0.39 is 36.1 Å². The predicted octanol–water partition coefficient (Wildman–Crippen LogP) is 3.19. The molecule has 2 amide bonds. The lowest BCUT2D eigenvalue weighted by atomic mass is 9.98. The summed E-state index contributed by atoms with van der Waals surface area (Å²) in [6.45, 7) is 2.68. The molecule has 196 valence electrons. The van der Waals surface area contributed by atoms with Gasteiger partial charge in [0.1, 0.15) is 6.23 Å². The lowest BCUT2D eigenvalue weighted by molar-refractivity contribution is -0.142. The van der Waals surface area contributed by atoms with E-state index in [1.807, 2.05) is 6.92 Å². The number of hydrogen-bond acceptors (Lipinski definition) is 7. The third-order valence-corrected chi connectivity index (χ3v) is 7.24. The van der Waals surface area contributed by atoms with Crippen molar-refractivity contribution in [2.45, 2.75) is 57.6 Å². The molecule has 13 heteroatoms. The van der Waals surface area contributed by atoms with E-state index in [2.05, 4.69) is 15.3 Å². The van der Waals surface area contributed by atoms with Crippen LogP contribution in [0.1, 0.15) is 43.1 Å². The van der Waals surface area contributed by atoms with Crippen LogP contribution in [0.25, 0.3) is 11.4 Å². The van der Waals surface area contributed by atoms with Crippen molar-refractivity contribution in [2.24, 2.45) is 5.92 Å². The third-order valence-electron chi connectivity index (χ3n) is 6.55. The molecule has 0 spiro atoms. The summed E-state index contributed by atoms with van der Waals surface area (Å²) >= 11 is 1.31. The fourth-order valence-corrected chi connectivity index (χ4v) is 5.42. The largest absolute Gasteiger partial charge is 0.465 e. The quantitative estimate of drug-likeness (QED) is 0.528. The minimum atomic E-state index is -4.66. The molecule has 0 aliphatic carbocycles. The highest BCUT2D eigenvalue weighted by Crippen LogP contribution is 2.35. The zero-order valence-electron chi connectivity index (χ0n) is 19.7. The fourth-order valence-electron chi connectivity index (χ4n) is 4.78. The number of thiophene rings is 1. The van der Waals surface area contributed by atoms with Gasteiger partial charge in [-0.05, 0) is 36.6 Å². The number of aromatic nitrogens is 2. The Hall–Kier alpha value is -2.77. The van der Waals surface area contributed by atoms with Crippen molar-refractivity contribution in [1.29, 1.82) is 0 Å². The summed E-state index contributed by atoms with van der Waals surface area (Å²) < 4.78 is 41.3. The number of fused-ring (bicyclic) bond motifs is 1. The number of nitrogens with zero attached hydrogens (tertiary/aromatic N) is 4. The highest BCUT2D eigenvalue weighted by Gasteiger charge is 2.39. The number of piperidine rings is 1. The number of carboxylic acid groups (broad SMARTS) is 1. The molecule has 3 N–H and O–H groups in total. The molecule has 1 saturated heterocycles. The monoisotopic (exact) mass is 527 g/mol. The third kappa shape index (κ3) is 6.13. The maximum Gasteiger partial charge on any atom is 0.433 e. The van der Waals surface area contributed by atoms with Gasteiger partial charge in [-0.3, -0.25) is 9.69 Å². The maximum atomic E-state index is 13.8. The molecular formula is C23H28F3N5O4S. The number of carbonyl (C=O) groups excluding carboxylic acids is 1. The number of amides is 2. The Morgan fingerprint density at radius 2 is 2.08 bits per heavy atom. The van der Waals surface area contributed by atoms with Crippen LogP contribution in [0, 0.1) is 5.92 Å². The average molecular weight is 528 g/mol. The first kappa shape index (κ1) is 26.3. The van der Waals surface area contributed by atoms with E-state index in [-0.39, 0.29) is 49.6 Å². The van der Waals surface area contributed by atoms with Gasteiger partial charge in [0.2, 0.25) is 5.91 Å². The first-order valence-electron chi connectivity index (χ1n) is 11.7. The van der Waals surface area contributed by atoms with Gasteiger partial charge in [-0.2, -0.15) is 24.5 Å². The minimum Gasteiger partial charge on any atom is -0.465 e. The average Bonchev–Trinajstić information content (AvgIpc) is 3.34. The first-order valence-corrected chi connectivity index (χ1v) is 12.6. The summed E-state index contributed by atoms with van der Waals surface area (Å²) in [5.74, 6) is -0.119. The van der Waals surface area contributed by atoms with Crippen molar-refractivity contribution >= 4 is 23.3 Å². The smallest absolute Gasteiger partial charge is 0.433 e. The van der Waals surface area contributed by atoms with Crippen molar-refractivity contribution in [3.05, 3.63) is 33.8 Å². The van der Waals surface area contributed by atoms with Crippen LogP contribution in [0.3, 0.4) is 0 Å². The topological polar surface area (TPSA) is 119 Å². The summed E-state index contributed by atoms with van der Waals surface area (Å²) in [4.78, 5) is 35.8. The van der Waals surface area contributed by atoms with E-state index in [1.54, 1.807) is 21.7 Å². The van der Waals surface area contributed by atoms with Crippen LogP contribution in [-0.4, -0.2) is 73.9 Å². The first-order chi connectivity index (χ1) is 17.0. The van der Waals surface area contributed by atoms with Gasteiger partial charge in [-0.1, -0.05) is 6.92 Å². The van der Waals surface area contributed by atoms with Gasteiger partial charge in [0.05, 0.1) is 18.3 Å². The maximum absolute atomic E-state index is 13.8. The van der Waals surface area contributed by atoms with Crippen LogP contribution < -0.4 is 5.32 Å². The van der Waals surface area contributed by atoms with E-state index in [4.69, 9.17) is 0 Å². The Balaban J connectivity index is 1.52. The number of hydrogen-bond donors (Lipinski definition) is 3. The molecule has 0 bridgehead atoms. The van der Waals surface area contributed by atoms with E-state index in [0.717, 1.165) is 6.42 Å². The van der Waals surface area contributed by atoms with Crippen LogP contribution in [0.15, 0.2) is 16.8 Å². The number of halogens is 3. The van der Waals surface area contributed by atoms with Crippen LogP contribution in [0.2, 0.25) is 0 Å². The number of carbonyl (C=O) groups is 2. The molecule has 36 heavy (non-hydrogen) atoms. The van der Waals surface area contributed by atoms with Gasteiger partial charge in [0, 0.05) is 42.6 Å². The van der Waals surface area contributed by atoms with Crippen LogP contribution in [-0.2, 0) is 23.9 Å². The molecule has 2 aromatic rings. The van der Waals surface area contributed by atoms with E-state index in [1.165, 1.54) is 16.2 Å². The molecule has 9 nitrogen and oxygen atoms in total. The van der Waals surface area contributed by atoms with Crippen molar-refractivity contribution in [3.63, 3.8) is 0 Å². The molecular weight excluding hydrogens is 499 g/mol. The van der Waals surface area contributed by atoms with Crippen molar-refractivity contribution in [1.82, 2.24) is 25.1 Å². The minimum absolute atomic E-state index is 0.0174. The predicted molar refractivity (Wildman–Crippen MR) is 125 cm³/mol. The molecule has 4 heterocycles. The zero-order chi connectivity index (χ0) is 26.0. The zero-order valence-corrected chi connectivity index (χ0v) is 20.5. The number of alkyl halides is 3. The van der Waals surface area contributed by atoms with Crippen LogP contribution in [0.4, 0.5) is 18.0 Å². The molecule has 2 aromatic heterocycles. The Morgan fingerprint density at radius 3 is 2.75 bits per heavy atom. The van der Waals surface area contributed by atoms with Gasteiger partial charge < -0.3 is 20.4 Å².